The molecule has 3 N–H and O–H groups in total. The average Bonchev–Trinajstić information content (AvgIpc) is 3.31. The predicted octanol–water partition coefficient (Wildman–Crippen LogP) is 4.48. The summed E-state index contributed by atoms with van der Waals surface area (Å²) in [5.74, 6) is 1.78. The lowest BCUT2D eigenvalue weighted by atomic mass is 10.2. The predicted molar refractivity (Wildman–Crippen MR) is 125 cm³/mol. The van der Waals surface area contributed by atoms with E-state index >= 15 is 0 Å². The molecule has 0 saturated carbocycles. The molecule has 9 nitrogen and oxygen atoms in total. The number of rotatable bonds is 6. The number of sulfonamides is 1. The summed E-state index contributed by atoms with van der Waals surface area (Å²) in [5, 5.41) is 11.5. The Bertz CT molecular complexity index is 1390. The van der Waals surface area contributed by atoms with Gasteiger partial charge < -0.3 is 19.4 Å². The number of anilines is 3. The summed E-state index contributed by atoms with van der Waals surface area (Å²) >= 11 is 0. The molecule has 0 unspecified atom stereocenters. The van der Waals surface area contributed by atoms with E-state index in [1.807, 2.05) is 0 Å². The molecule has 0 aliphatic carbocycles. The van der Waals surface area contributed by atoms with Gasteiger partial charge in [0.25, 0.3) is 10.0 Å². The second-order valence-corrected chi connectivity index (χ2v) is 8.85. The number of aromatic nitrogens is 1. The number of nitrogens with one attached hydrogen (secondary N) is 3. The van der Waals surface area contributed by atoms with Crippen LogP contribution >= 0.6 is 0 Å². The largest absolute Gasteiger partial charge is 0.448 e. The third-order valence-electron chi connectivity index (χ3n) is 5.01. The van der Waals surface area contributed by atoms with Gasteiger partial charge in [0.2, 0.25) is 11.8 Å². The van der Waals surface area contributed by atoms with E-state index < -0.39 is 10.0 Å². The third-order valence-corrected chi connectivity index (χ3v) is 6.41. The lowest BCUT2D eigenvalue weighted by Gasteiger charge is -2.29. The number of hydrogen-bond acceptors (Lipinski definition) is 7. The van der Waals surface area contributed by atoms with Gasteiger partial charge in [-0.2, -0.15) is 0 Å². The van der Waals surface area contributed by atoms with Crippen LogP contribution in [0.2, 0.25) is 0 Å². The number of nitrogens with zero attached hydrogens (tertiary/aromatic N) is 2. The summed E-state index contributed by atoms with van der Waals surface area (Å²) in [6.07, 6.45) is 3.15. The van der Waals surface area contributed by atoms with E-state index in [0.29, 0.717) is 41.3 Å². The van der Waals surface area contributed by atoms with Gasteiger partial charge in [-0.15, -0.1) is 0 Å². The van der Waals surface area contributed by atoms with Crippen molar-refractivity contribution in [3.05, 3.63) is 90.8 Å². The van der Waals surface area contributed by atoms with Crippen LogP contribution in [0.25, 0.3) is 0 Å². The van der Waals surface area contributed by atoms with Gasteiger partial charge in [-0.3, -0.25) is 10.1 Å². The molecular weight excluding hydrogens is 442 g/mol. The highest BCUT2D eigenvalue weighted by molar-refractivity contribution is 7.92. The summed E-state index contributed by atoms with van der Waals surface area (Å²) in [6.45, 7) is 0.372. The summed E-state index contributed by atoms with van der Waals surface area (Å²) in [4.78, 5) is 5.94. The Labute approximate surface area is 190 Å². The lowest BCUT2D eigenvalue weighted by molar-refractivity contribution is 0.462. The first kappa shape index (κ1) is 20.6. The molecule has 166 valence electrons. The standard InChI is InChI=1S/C23H19N5O4S/c24-22-20-12-14-31-23(20)26-15-28(22)17-6-4-16(5-7-17)27-33(29,30)19-10-8-18(9-11-19)32-21-3-1-2-13-25-21/h1-14,24,26-27H,15H2. The van der Waals surface area contributed by atoms with Crippen LogP contribution in [0.4, 0.5) is 17.3 Å². The molecule has 10 heteroatoms. The molecule has 2 aromatic carbocycles. The van der Waals surface area contributed by atoms with Crippen LogP contribution in [-0.2, 0) is 10.0 Å². The van der Waals surface area contributed by atoms with E-state index in [2.05, 4.69) is 15.0 Å². The highest BCUT2D eigenvalue weighted by Gasteiger charge is 2.24. The number of fused-ring (bicyclic) bond motifs is 1. The fourth-order valence-electron chi connectivity index (χ4n) is 3.37. The van der Waals surface area contributed by atoms with E-state index in [-0.39, 0.29) is 4.90 Å². The third kappa shape index (κ3) is 4.23. The van der Waals surface area contributed by atoms with Gasteiger partial charge in [-0.25, -0.2) is 13.4 Å². The van der Waals surface area contributed by atoms with Crippen LogP contribution in [-0.4, -0.2) is 25.9 Å². The maximum absolute atomic E-state index is 12.8. The van der Waals surface area contributed by atoms with Crippen LogP contribution in [0.3, 0.4) is 0 Å². The van der Waals surface area contributed by atoms with Crippen LogP contribution < -0.4 is 19.7 Å². The van der Waals surface area contributed by atoms with Crippen molar-refractivity contribution in [1.82, 2.24) is 4.98 Å². The van der Waals surface area contributed by atoms with Gasteiger partial charge >= 0.3 is 0 Å². The maximum Gasteiger partial charge on any atom is 0.261 e. The van der Waals surface area contributed by atoms with Crippen molar-refractivity contribution in [1.29, 1.82) is 5.41 Å². The van der Waals surface area contributed by atoms with Gasteiger partial charge in [0, 0.05) is 23.6 Å². The zero-order chi connectivity index (χ0) is 22.8. The van der Waals surface area contributed by atoms with Crippen molar-refractivity contribution in [2.75, 3.05) is 21.6 Å². The first-order valence-electron chi connectivity index (χ1n) is 9.99. The Kier molecular flexibility index (Phi) is 5.19. The molecule has 0 radical (unpaired) electrons. The van der Waals surface area contributed by atoms with E-state index in [4.69, 9.17) is 14.6 Å². The Balaban J connectivity index is 1.27. The topological polar surface area (TPSA) is 121 Å². The number of benzene rings is 2. The Morgan fingerprint density at radius 2 is 1.82 bits per heavy atom. The summed E-state index contributed by atoms with van der Waals surface area (Å²) in [7, 11) is -3.79. The molecule has 0 fully saturated rings. The quantitative estimate of drug-likeness (QED) is 0.387. The number of ether oxygens (including phenoxy) is 1. The SMILES string of the molecule is N=C1c2ccoc2NCN1c1ccc(NS(=O)(=O)c2ccc(Oc3ccccn3)cc2)cc1. The minimum absolute atomic E-state index is 0.106. The highest BCUT2D eigenvalue weighted by atomic mass is 32.2. The van der Waals surface area contributed by atoms with Gasteiger partial charge in [0.1, 0.15) is 11.6 Å². The zero-order valence-corrected chi connectivity index (χ0v) is 18.0. The van der Waals surface area contributed by atoms with Crippen LogP contribution in [0.1, 0.15) is 5.56 Å². The molecule has 1 aliphatic heterocycles. The zero-order valence-electron chi connectivity index (χ0n) is 17.2. The molecule has 4 aromatic rings. The molecule has 0 saturated heterocycles. The number of furan rings is 1. The molecule has 0 atom stereocenters. The van der Waals surface area contributed by atoms with Gasteiger partial charge in [0.05, 0.1) is 23.4 Å². The number of pyridine rings is 1. The molecule has 33 heavy (non-hydrogen) atoms. The first-order valence-corrected chi connectivity index (χ1v) is 11.5. The lowest BCUT2D eigenvalue weighted by Crippen LogP contribution is -2.39. The Morgan fingerprint density at radius 3 is 2.55 bits per heavy atom. The molecule has 0 bridgehead atoms. The van der Waals surface area contributed by atoms with E-state index in [1.165, 1.54) is 18.4 Å². The van der Waals surface area contributed by atoms with Crippen molar-refractivity contribution in [2.45, 2.75) is 4.90 Å². The van der Waals surface area contributed by atoms with Crippen molar-refractivity contribution in [3.63, 3.8) is 0 Å². The van der Waals surface area contributed by atoms with Crippen molar-refractivity contribution >= 4 is 33.1 Å². The minimum atomic E-state index is -3.79. The maximum atomic E-state index is 12.8. The molecule has 1 aliphatic rings. The second-order valence-electron chi connectivity index (χ2n) is 7.17. The molecule has 0 amide bonds. The number of hydrogen-bond donors (Lipinski definition) is 3. The van der Waals surface area contributed by atoms with Gasteiger partial charge in [-0.05, 0) is 60.7 Å². The molecular formula is C23H19N5O4S. The Morgan fingerprint density at radius 1 is 1.03 bits per heavy atom. The van der Waals surface area contributed by atoms with Crippen molar-refractivity contribution in [3.8, 4) is 11.6 Å². The molecule has 3 heterocycles. The summed E-state index contributed by atoms with van der Waals surface area (Å²) in [5.41, 5.74) is 1.83. The van der Waals surface area contributed by atoms with Crippen LogP contribution in [0.15, 0.2) is 94.6 Å². The molecule has 5 rings (SSSR count). The first-order chi connectivity index (χ1) is 16.0. The summed E-state index contributed by atoms with van der Waals surface area (Å²) < 4.78 is 39.0. The molecule has 0 spiro atoms. The van der Waals surface area contributed by atoms with Crippen LogP contribution in [0, 0.1) is 5.41 Å². The minimum Gasteiger partial charge on any atom is -0.448 e. The van der Waals surface area contributed by atoms with Crippen LogP contribution in [0.5, 0.6) is 11.6 Å². The van der Waals surface area contributed by atoms with E-state index in [9.17, 15) is 8.42 Å². The van der Waals surface area contributed by atoms with Crippen molar-refractivity contribution < 1.29 is 17.6 Å². The summed E-state index contributed by atoms with van der Waals surface area (Å²) in [6, 6.07) is 19.9. The van der Waals surface area contributed by atoms with Gasteiger partial charge in [-0.1, -0.05) is 6.07 Å². The number of amidine groups is 1. The molecule has 2 aromatic heterocycles. The fourth-order valence-corrected chi connectivity index (χ4v) is 4.43. The monoisotopic (exact) mass is 461 g/mol. The van der Waals surface area contributed by atoms with Crippen molar-refractivity contribution in [2.24, 2.45) is 0 Å². The average molecular weight is 462 g/mol. The highest BCUT2D eigenvalue weighted by Crippen LogP contribution is 2.28. The Hall–Kier alpha value is -4.31. The second kappa shape index (κ2) is 8.32. The smallest absolute Gasteiger partial charge is 0.261 e. The van der Waals surface area contributed by atoms with Gasteiger partial charge in [0.15, 0.2) is 0 Å². The normalized spacial score (nSPS) is 13.2. The fraction of sp³-hybridized carbons (Fsp3) is 0.0435. The van der Waals surface area contributed by atoms with E-state index in [1.54, 1.807) is 71.8 Å². The van der Waals surface area contributed by atoms with E-state index in [0.717, 1.165) is 5.69 Å².